The number of thiol groups is 1. The van der Waals surface area contributed by atoms with E-state index in [4.69, 9.17) is 10.5 Å². The number of carbonyl (C=O) groups is 2. The predicted octanol–water partition coefficient (Wildman–Crippen LogP) is 1.23. The number of nitrogens with zero attached hydrogens (tertiary/aromatic N) is 2. The maximum absolute atomic E-state index is 13.5. The zero-order valence-corrected chi connectivity index (χ0v) is 18.4. The molecule has 1 saturated heterocycles. The number of piperidine rings is 1. The van der Waals surface area contributed by atoms with Crippen molar-refractivity contribution in [2.75, 3.05) is 12.8 Å². The van der Waals surface area contributed by atoms with Crippen molar-refractivity contribution in [2.45, 2.75) is 81.1 Å². The Morgan fingerprint density at radius 1 is 1.27 bits per heavy atom. The summed E-state index contributed by atoms with van der Waals surface area (Å²) < 4.78 is 6.16. The van der Waals surface area contributed by atoms with Crippen LogP contribution >= 0.6 is 12.6 Å². The molecule has 0 radical (unpaired) electrons. The first-order valence-electron chi connectivity index (χ1n) is 11.3. The number of nitrogens with one attached hydrogen (secondary N) is 1. The lowest BCUT2D eigenvalue weighted by atomic mass is 9.46. The molecule has 0 aromatic heterocycles. The van der Waals surface area contributed by atoms with Gasteiger partial charge in [-0.3, -0.25) is 9.59 Å². The Hall–Kier alpha value is -1.30. The molecule has 8 heteroatoms. The van der Waals surface area contributed by atoms with Crippen molar-refractivity contribution in [3.05, 3.63) is 0 Å². The first-order chi connectivity index (χ1) is 14.3. The summed E-state index contributed by atoms with van der Waals surface area (Å²) in [5.74, 6) is 1.44. The molecular formula is C22H32N4O3S. The molecule has 6 unspecified atom stereocenters. The number of ether oxygens (including phenoxy) is 1. The third-order valence-corrected chi connectivity index (χ3v) is 8.98. The third-order valence-electron chi connectivity index (χ3n) is 8.62. The van der Waals surface area contributed by atoms with Gasteiger partial charge in [-0.15, -0.1) is 0 Å². The van der Waals surface area contributed by atoms with Gasteiger partial charge < -0.3 is 20.7 Å². The van der Waals surface area contributed by atoms with Crippen LogP contribution in [0.4, 0.5) is 0 Å². The molecule has 1 aliphatic heterocycles. The van der Waals surface area contributed by atoms with Gasteiger partial charge in [-0.1, -0.05) is 0 Å². The number of likely N-dealkylation sites (N-methyl/N-ethyl adjacent to an activating group) is 1. The average molecular weight is 433 g/mol. The number of fused-ring (bicyclic) bond motifs is 1. The van der Waals surface area contributed by atoms with E-state index in [0.717, 1.165) is 44.9 Å². The van der Waals surface area contributed by atoms with Gasteiger partial charge in [0.05, 0.1) is 12.1 Å². The molecule has 6 rings (SSSR count). The normalized spacial score (nSPS) is 44.9. The summed E-state index contributed by atoms with van der Waals surface area (Å²) in [4.78, 5) is 28.1. The number of hydrogen-bond donors (Lipinski definition) is 3. The summed E-state index contributed by atoms with van der Waals surface area (Å²) in [5.41, 5.74) is 5.89. The lowest BCUT2D eigenvalue weighted by Gasteiger charge is -2.62. The van der Waals surface area contributed by atoms with Crippen molar-refractivity contribution in [1.29, 1.82) is 5.26 Å². The number of esters is 1. The second-order valence-electron chi connectivity index (χ2n) is 10.6. The molecule has 6 fully saturated rings. The van der Waals surface area contributed by atoms with E-state index in [1.165, 1.54) is 0 Å². The van der Waals surface area contributed by atoms with Crippen LogP contribution < -0.4 is 11.1 Å². The largest absolute Gasteiger partial charge is 0.458 e. The zero-order valence-electron chi connectivity index (χ0n) is 17.5. The highest BCUT2D eigenvalue weighted by Crippen LogP contribution is 2.64. The molecule has 7 nitrogen and oxygen atoms in total. The molecule has 30 heavy (non-hydrogen) atoms. The molecule has 1 amide bonds. The molecule has 9 atom stereocenters. The van der Waals surface area contributed by atoms with E-state index in [-0.39, 0.29) is 29.4 Å². The number of nitrogens with two attached hydrogens (primary N) is 1. The van der Waals surface area contributed by atoms with Crippen LogP contribution in [0.2, 0.25) is 0 Å². The van der Waals surface area contributed by atoms with Gasteiger partial charge >= 0.3 is 5.97 Å². The van der Waals surface area contributed by atoms with Gasteiger partial charge in [0.15, 0.2) is 0 Å². The SMILES string of the molecule is CNC(CS)C(=O)OC12CC3C[C@H](C1)CC([C@H](N)C(=O)N1C4CC4C[C@H]1C#N)(C3)C2. The fourth-order valence-corrected chi connectivity index (χ4v) is 7.94. The molecule has 3 N–H and O–H groups in total. The van der Waals surface area contributed by atoms with Crippen molar-refractivity contribution in [3.8, 4) is 6.07 Å². The smallest absolute Gasteiger partial charge is 0.324 e. The van der Waals surface area contributed by atoms with E-state index in [1.807, 2.05) is 0 Å². The summed E-state index contributed by atoms with van der Waals surface area (Å²) >= 11 is 4.26. The third kappa shape index (κ3) is 3.08. The van der Waals surface area contributed by atoms with Crippen LogP contribution in [0, 0.1) is 34.5 Å². The van der Waals surface area contributed by atoms with E-state index in [0.29, 0.717) is 29.9 Å². The van der Waals surface area contributed by atoms with Crippen LogP contribution in [0.1, 0.15) is 51.4 Å². The van der Waals surface area contributed by atoms with E-state index < -0.39 is 17.7 Å². The summed E-state index contributed by atoms with van der Waals surface area (Å²) in [6, 6.07) is 1.13. The fraction of sp³-hybridized carbons (Fsp3) is 0.864. The average Bonchev–Trinajstić information content (AvgIpc) is 3.36. The van der Waals surface area contributed by atoms with Gasteiger partial charge in [-0.2, -0.15) is 17.9 Å². The monoisotopic (exact) mass is 432 g/mol. The molecule has 1 heterocycles. The van der Waals surface area contributed by atoms with Crippen LogP contribution in [0.15, 0.2) is 0 Å². The molecule has 0 spiro atoms. The molecule has 6 aliphatic rings. The lowest BCUT2D eigenvalue weighted by Crippen LogP contribution is -2.66. The number of likely N-dealkylation sites (tertiary alicyclic amines) is 1. The fourth-order valence-electron chi connectivity index (χ4n) is 7.61. The molecule has 5 aliphatic carbocycles. The van der Waals surface area contributed by atoms with Crippen LogP contribution in [0.25, 0.3) is 0 Å². The van der Waals surface area contributed by atoms with Crippen molar-refractivity contribution in [2.24, 2.45) is 28.9 Å². The minimum atomic E-state index is -0.623. The highest BCUT2D eigenvalue weighted by Gasteiger charge is 2.64. The second-order valence-corrected chi connectivity index (χ2v) is 11.0. The first kappa shape index (κ1) is 20.6. The zero-order chi connectivity index (χ0) is 21.3. The minimum absolute atomic E-state index is 0.0570. The molecule has 164 valence electrons. The molecule has 5 saturated carbocycles. The maximum Gasteiger partial charge on any atom is 0.324 e. The Labute approximate surface area is 183 Å². The van der Waals surface area contributed by atoms with E-state index >= 15 is 0 Å². The summed E-state index contributed by atoms with van der Waals surface area (Å²) in [6.45, 7) is 0. The predicted molar refractivity (Wildman–Crippen MR) is 113 cm³/mol. The first-order valence-corrected chi connectivity index (χ1v) is 12.0. The van der Waals surface area contributed by atoms with Gasteiger partial charge in [0, 0.05) is 11.8 Å². The maximum atomic E-state index is 13.5. The lowest BCUT2D eigenvalue weighted by molar-refractivity contribution is -0.207. The van der Waals surface area contributed by atoms with E-state index in [1.54, 1.807) is 11.9 Å². The van der Waals surface area contributed by atoms with Crippen molar-refractivity contribution < 1.29 is 14.3 Å². The standard InChI is InChI=1S/C22H32N4O3S/c1-25-16(10-30)20(28)29-22-7-12-2-13(8-22)6-21(5-12,11-22)18(24)19(27)26-15(9-23)3-14-4-17(14)26/h12-18,25,30H,2-8,10-11,24H2,1H3/t12-,13?,14?,15-,16?,17?,18+,21?,22?/m0/s1. The Balaban J connectivity index is 1.38. The molecule has 0 aromatic carbocycles. The Morgan fingerprint density at radius 3 is 2.57 bits per heavy atom. The highest BCUT2D eigenvalue weighted by atomic mass is 32.1. The van der Waals surface area contributed by atoms with Gasteiger partial charge in [0.25, 0.3) is 0 Å². The quantitative estimate of drug-likeness (QED) is 0.430. The van der Waals surface area contributed by atoms with E-state index in [2.05, 4.69) is 24.0 Å². The van der Waals surface area contributed by atoms with Crippen LogP contribution in [0.3, 0.4) is 0 Å². The molecule has 0 aromatic rings. The summed E-state index contributed by atoms with van der Waals surface area (Å²) in [7, 11) is 1.74. The van der Waals surface area contributed by atoms with Crippen LogP contribution in [0.5, 0.6) is 0 Å². The van der Waals surface area contributed by atoms with Crippen LogP contribution in [-0.2, 0) is 14.3 Å². The number of amides is 1. The van der Waals surface area contributed by atoms with Crippen molar-refractivity contribution in [3.63, 3.8) is 0 Å². The number of nitriles is 1. The Morgan fingerprint density at radius 2 is 1.97 bits per heavy atom. The summed E-state index contributed by atoms with van der Waals surface area (Å²) in [6.07, 6.45) is 7.19. The van der Waals surface area contributed by atoms with Crippen LogP contribution in [-0.4, -0.2) is 59.3 Å². The van der Waals surface area contributed by atoms with Gasteiger partial charge in [-0.25, -0.2) is 0 Å². The van der Waals surface area contributed by atoms with Crippen molar-refractivity contribution in [1.82, 2.24) is 10.2 Å². The molecular weight excluding hydrogens is 400 g/mol. The topological polar surface area (TPSA) is 108 Å². The molecule has 4 bridgehead atoms. The number of hydrogen-bond acceptors (Lipinski definition) is 7. The highest BCUT2D eigenvalue weighted by molar-refractivity contribution is 7.80. The van der Waals surface area contributed by atoms with Crippen molar-refractivity contribution >= 4 is 24.5 Å². The number of carbonyl (C=O) groups excluding carboxylic acids is 2. The summed E-state index contributed by atoms with van der Waals surface area (Å²) in [5, 5.41) is 12.5. The van der Waals surface area contributed by atoms with Gasteiger partial charge in [0.1, 0.15) is 17.7 Å². The van der Waals surface area contributed by atoms with Gasteiger partial charge in [-0.05, 0) is 81.6 Å². The minimum Gasteiger partial charge on any atom is -0.458 e. The van der Waals surface area contributed by atoms with Gasteiger partial charge in [0.2, 0.25) is 5.91 Å². The second kappa shape index (κ2) is 7.11. The Bertz CT molecular complexity index is 780. The Kier molecular flexibility index (Phi) is 4.88. The van der Waals surface area contributed by atoms with E-state index in [9.17, 15) is 14.9 Å². The number of rotatable bonds is 6.